The van der Waals surface area contributed by atoms with Crippen LogP contribution in [-0.2, 0) is 11.2 Å². The smallest absolute Gasteiger partial charge is 0.262 e. The number of alkyl halides is 1. The second-order valence-electron chi connectivity index (χ2n) is 4.89. The van der Waals surface area contributed by atoms with E-state index in [1.807, 2.05) is 12.1 Å². The van der Waals surface area contributed by atoms with Crippen LogP contribution in [0.5, 0.6) is 5.75 Å². The van der Waals surface area contributed by atoms with Gasteiger partial charge < -0.3 is 10.1 Å². The van der Waals surface area contributed by atoms with Crippen molar-refractivity contribution in [3.8, 4) is 5.75 Å². The highest BCUT2D eigenvalue weighted by Gasteiger charge is 2.18. The highest BCUT2D eigenvalue weighted by atomic mass is 35.5. The molecule has 0 saturated heterocycles. The summed E-state index contributed by atoms with van der Waals surface area (Å²) in [7, 11) is 0. The molecule has 2 aromatic carbocycles. The minimum atomic E-state index is -0.309. The summed E-state index contributed by atoms with van der Waals surface area (Å²) in [6.07, 6.45) is 0.507. The number of carbonyl (C=O) groups is 1. The van der Waals surface area contributed by atoms with Crippen LogP contribution in [0, 0.1) is 5.82 Å². The van der Waals surface area contributed by atoms with E-state index in [4.69, 9.17) is 16.3 Å². The Hall–Kier alpha value is -2.07. The Bertz CT molecular complexity index is 690. The van der Waals surface area contributed by atoms with Gasteiger partial charge >= 0.3 is 0 Å². The summed E-state index contributed by atoms with van der Waals surface area (Å²) in [5, 5.41) is 2.44. The quantitative estimate of drug-likeness (QED) is 0.879. The molecule has 5 heteroatoms. The number of fused-ring (bicyclic) bond motifs is 1. The van der Waals surface area contributed by atoms with Crippen LogP contribution in [0.3, 0.4) is 0 Å². The van der Waals surface area contributed by atoms with E-state index < -0.39 is 0 Å². The third-order valence-corrected chi connectivity index (χ3v) is 3.71. The van der Waals surface area contributed by atoms with Gasteiger partial charge in [-0.2, -0.15) is 0 Å². The van der Waals surface area contributed by atoms with E-state index in [2.05, 4.69) is 5.32 Å². The fraction of sp³-hybridized carbons (Fsp3) is 0.188. The van der Waals surface area contributed by atoms with Gasteiger partial charge in [-0.1, -0.05) is 18.2 Å². The van der Waals surface area contributed by atoms with Crippen LogP contribution >= 0.6 is 11.6 Å². The predicted octanol–water partition coefficient (Wildman–Crippen LogP) is 3.68. The number of hydrogen-bond donors (Lipinski definition) is 1. The monoisotopic (exact) mass is 305 g/mol. The van der Waals surface area contributed by atoms with Crippen LogP contribution in [0.15, 0.2) is 42.5 Å². The first-order chi connectivity index (χ1) is 10.1. The Morgan fingerprint density at radius 2 is 2.14 bits per heavy atom. The van der Waals surface area contributed by atoms with Crippen molar-refractivity contribution in [1.82, 2.24) is 0 Å². The molecule has 3 nitrogen and oxygen atoms in total. The van der Waals surface area contributed by atoms with Crippen molar-refractivity contribution < 1.29 is 13.9 Å². The second-order valence-corrected chi connectivity index (χ2v) is 5.42. The maximum absolute atomic E-state index is 13.2. The Morgan fingerprint density at radius 3 is 2.95 bits per heavy atom. The molecule has 1 N–H and O–H groups in total. The fourth-order valence-electron chi connectivity index (χ4n) is 2.28. The lowest BCUT2D eigenvalue weighted by Gasteiger charge is -2.19. The number of nitrogens with one attached hydrogen (secondary N) is 1. The average Bonchev–Trinajstić information content (AvgIpc) is 2.46. The molecule has 1 atom stereocenters. The van der Waals surface area contributed by atoms with E-state index in [0.717, 1.165) is 11.1 Å². The van der Waals surface area contributed by atoms with Gasteiger partial charge in [-0.15, -0.1) is 11.6 Å². The molecule has 0 saturated carbocycles. The first-order valence-electron chi connectivity index (χ1n) is 6.57. The lowest BCUT2D eigenvalue weighted by atomic mass is 10.0. The molecule has 1 unspecified atom stereocenters. The molecule has 0 radical (unpaired) electrons. The van der Waals surface area contributed by atoms with Crippen LogP contribution in [0.2, 0.25) is 0 Å². The molecular weight excluding hydrogens is 293 g/mol. The van der Waals surface area contributed by atoms with E-state index in [9.17, 15) is 9.18 Å². The maximum Gasteiger partial charge on any atom is 0.262 e. The van der Waals surface area contributed by atoms with E-state index in [1.165, 1.54) is 12.1 Å². The topological polar surface area (TPSA) is 38.3 Å². The number of benzene rings is 2. The molecule has 108 valence electrons. The maximum atomic E-state index is 13.2. The van der Waals surface area contributed by atoms with Gasteiger partial charge in [0.2, 0.25) is 0 Å². The average molecular weight is 306 g/mol. The summed E-state index contributed by atoms with van der Waals surface area (Å²) in [5.74, 6) is 0.173. The molecule has 0 aromatic heterocycles. The first kappa shape index (κ1) is 13.9. The Labute approximate surface area is 126 Å². The van der Waals surface area contributed by atoms with Crippen molar-refractivity contribution >= 4 is 23.2 Å². The van der Waals surface area contributed by atoms with E-state index in [-0.39, 0.29) is 23.7 Å². The third-order valence-electron chi connectivity index (χ3n) is 3.30. The summed E-state index contributed by atoms with van der Waals surface area (Å²) >= 11 is 6.40. The van der Waals surface area contributed by atoms with Gasteiger partial charge in [-0.05, 0) is 41.8 Å². The van der Waals surface area contributed by atoms with Gasteiger partial charge in [0.05, 0.1) is 11.1 Å². The summed E-state index contributed by atoms with van der Waals surface area (Å²) in [4.78, 5) is 11.3. The lowest BCUT2D eigenvalue weighted by Crippen LogP contribution is -2.25. The fourth-order valence-corrected chi connectivity index (χ4v) is 2.60. The molecule has 1 amide bonds. The number of halogens is 2. The van der Waals surface area contributed by atoms with Crippen molar-refractivity contribution in [1.29, 1.82) is 0 Å². The van der Waals surface area contributed by atoms with Crippen molar-refractivity contribution in [2.24, 2.45) is 0 Å². The number of ether oxygens (including phenoxy) is 1. The minimum absolute atomic E-state index is 0.0277. The molecule has 1 aliphatic rings. The number of carbonyl (C=O) groups excluding carboxylic acids is 1. The molecule has 0 fully saturated rings. The standard InChI is InChI=1S/C16H13ClFNO2/c17-13(7-10-2-1-3-12(18)6-10)11-4-5-15-14(8-11)19-16(20)9-21-15/h1-6,8,13H,7,9H2,(H,19,20). The highest BCUT2D eigenvalue weighted by Crippen LogP contribution is 2.33. The van der Waals surface area contributed by atoms with Gasteiger partial charge in [0.15, 0.2) is 6.61 Å². The number of hydrogen-bond acceptors (Lipinski definition) is 2. The summed E-state index contributed by atoms with van der Waals surface area (Å²) in [6, 6.07) is 11.8. The second kappa shape index (κ2) is 5.74. The first-order valence-corrected chi connectivity index (χ1v) is 7.00. The van der Waals surface area contributed by atoms with Gasteiger partial charge in [-0.3, -0.25) is 4.79 Å². The van der Waals surface area contributed by atoms with Crippen molar-refractivity contribution in [3.63, 3.8) is 0 Å². The SMILES string of the molecule is O=C1COc2ccc(C(Cl)Cc3cccc(F)c3)cc2N1. The van der Waals surface area contributed by atoms with Crippen LogP contribution in [0.1, 0.15) is 16.5 Å². The number of anilines is 1. The molecule has 0 aliphatic carbocycles. The highest BCUT2D eigenvalue weighted by molar-refractivity contribution is 6.21. The zero-order valence-corrected chi connectivity index (χ0v) is 11.9. The zero-order valence-electron chi connectivity index (χ0n) is 11.1. The third kappa shape index (κ3) is 3.16. The van der Waals surface area contributed by atoms with Crippen LogP contribution in [0.25, 0.3) is 0 Å². The lowest BCUT2D eigenvalue weighted by molar-refractivity contribution is -0.118. The Kier molecular flexibility index (Phi) is 3.80. The molecular formula is C16H13ClFNO2. The van der Waals surface area contributed by atoms with Crippen molar-refractivity contribution in [3.05, 3.63) is 59.4 Å². The molecule has 2 aromatic rings. The molecule has 0 bridgehead atoms. The molecule has 1 aliphatic heterocycles. The summed E-state index contributed by atoms with van der Waals surface area (Å²) in [5.41, 5.74) is 2.30. The van der Waals surface area contributed by atoms with E-state index in [0.29, 0.717) is 17.9 Å². The van der Waals surface area contributed by atoms with Crippen LogP contribution in [0.4, 0.5) is 10.1 Å². The van der Waals surface area contributed by atoms with E-state index >= 15 is 0 Å². The molecule has 21 heavy (non-hydrogen) atoms. The largest absolute Gasteiger partial charge is 0.482 e. The van der Waals surface area contributed by atoms with Gasteiger partial charge in [0.1, 0.15) is 11.6 Å². The van der Waals surface area contributed by atoms with Gasteiger partial charge in [-0.25, -0.2) is 4.39 Å². The summed E-state index contributed by atoms with van der Waals surface area (Å²) < 4.78 is 18.5. The number of amides is 1. The van der Waals surface area contributed by atoms with Crippen LogP contribution in [-0.4, -0.2) is 12.5 Å². The Morgan fingerprint density at radius 1 is 1.29 bits per heavy atom. The predicted molar refractivity (Wildman–Crippen MR) is 79.3 cm³/mol. The molecule has 1 heterocycles. The van der Waals surface area contributed by atoms with Gasteiger partial charge in [0.25, 0.3) is 5.91 Å². The number of rotatable bonds is 3. The minimum Gasteiger partial charge on any atom is -0.482 e. The molecule has 3 rings (SSSR count). The summed E-state index contributed by atoms with van der Waals surface area (Å²) in [6.45, 7) is 0.0277. The van der Waals surface area contributed by atoms with Crippen molar-refractivity contribution in [2.75, 3.05) is 11.9 Å². The zero-order chi connectivity index (χ0) is 14.8. The van der Waals surface area contributed by atoms with Crippen molar-refractivity contribution in [2.45, 2.75) is 11.8 Å². The van der Waals surface area contributed by atoms with E-state index in [1.54, 1.807) is 18.2 Å². The molecule has 0 spiro atoms. The normalized spacial score (nSPS) is 14.9. The van der Waals surface area contributed by atoms with Crippen LogP contribution < -0.4 is 10.1 Å². The van der Waals surface area contributed by atoms with Gasteiger partial charge in [0, 0.05) is 0 Å². The Balaban J connectivity index is 1.80.